The lowest BCUT2D eigenvalue weighted by Gasteiger charge is -2.30. The number of aliphatic hydroxyl groups excluding tert-OH is 1. The number of H-pyrrole nitrogens is 1. The Morgan fingerprint density at radius 1 is 1.29 bits per heavy atom. The van der Waals surface area contributed by atoms with E-state index in [0.717, 1.165) is 16.2 Å². The second kappa shape index (κ2) is 6.64. The SMILES string of the molecule is Cc1ccc(S(=O)(=O)OC[C@@]23CO[C@@H]([C@H](n4ccc(=O)[nH]c4=O)O2)[C@@H]3O)cc1. The van der Waals surface area contributed by atoms with Gasteiger partial charge in [0, 0.05) is 12.3 Å². The first-order valence-electron chi connectivity index (χ1n) is 8.47. The molecule has 4 rings (SSSR count). The highest BCUT2D eigenvalue weighted by Crippen LogP contribution is 2.44. The van der Waals surface area contributed by atoms with Gasteiger partial charge in [0.1, 0.15) is 24.4 Å². The molecule has 2 aliphatic heterocycles. The number of hydrogen-bond acceptors (Lipinski definition) is 8. The van der Waals surface area contributed by atoms with E-state index in [1.54, 1.807) is 12.1 Å². The van der Waals surface area contributed by atoms with Crippen molar-refractivity contribution >= 4 is 10.1 Å². The van der Waals surface area contributed by atoms with Gasteiger partial charge in [-0.25, -0.2) is 4.79 Å². The Hall–Kier alpha value is -2.31. The van der Waals surface area contributed by atoms with Gasteiger partial charge in [-0.05, 0) is 19.1 Å². The number of rotatable bonds is 5. The number of aromatic amines is 1. The van der Waals surface area contributed by atoms with Crippen LogP contribution in [0.3, 0.4) is 0 Å². The molecule has 2 fully saturated rings. The lowest BCUT2D eigenvalue weighted by atomic mass is 10.0. The smallest absolute Gasteiger partial charge is 0.330 e. The summed E-state index contributed by atoms with van der Waals surface area (Å²) in [6, 6.07) is 7.26. The molecule has 10 nitrogen and oxygen atoms in total. The van der Waals surface area contributed by atoms with Crippen molar-refractivity contribution in [1.82, 2.24) is 9.55 Å². The third kappa shape index (κ3) is 3.10. The molecule has 2 saturated heterocycles. The van der Waals surface area contributed by atoms with Gasteiger partial charge in [-0.15, -0.1) is 0 Å². The van der Waals surface area contributed by atoms with Gasteiger partial charge >= 0.3 is 5.69 Å². The summed E-state index contributed by atoms with van der Waals surface area (Å²) in [6.45, 7) is 1.24. The van der Waals surface area contributed by atoms with Crippen LogP contribution in [0.2, 0.25) is 0 Å². The van der Waals surface area contributed by atoms with Gasteiger partial charge in [-0.1, -0.05) is 17.7 Å². The maximum Gasteiger partial charge on any atom is 0.330 e. The molecule has 11 heteroatoms. The normalized spacial score (nSPS) is 29.3. The number of aromatic nitrogens is 2. The Morgan fingerprint density at radius 2 is 2.00 bits per heavy atom. The summed E-state index contributed by atoms with van der Waals surface area (Å²) < 4.78 is 42.4. The Bertz CT molecular complexity index is 1110. The van der Waals surface area contributed by atoms with Crippen LogP contribution in [-0.4, -0.2) is 54.1 Å². The summed E-state index contributed by atoms with van der Waals surface area (Å²) in [4.78, 5) is 25.3. The van der Waals surface area contributed by atoms with Gasteiger partial charge in [0.15, 0.2) is 6.23 Å². The number of hydrogen-bond donors (Lipinski definition) is 2. The number of aliphatic hydroxyl groups is 1. The number of fused-ring (bicyclic) bond motifs is 2. The molecular formula is C17H18N2O8S. The van der Waals surface area contributed by atoms with Gasteiger partial charge in [0.25, 0.3) is 15.7 Å². The predicted octanol–water partition coefficient (Wildman–Crippen LogP) is -0.722. The van der Waals surface area contributed by atoms with Crippen molar-refractivity contribution in [3.8, 4) is 0 Å². The zero-order chi connectivity index (χ0) is 20.1. The maximum atomic E-state index is 12.4. The molecule has 1 aromatic carbocycles. The van der Waals surface area contributed by atoms with E-state index in [1.807, 2.05) is 6.92 Å². The van der Waals surface area contributed by atoms with Crippen molar-refractivity contribution < 1.29 is 27.2 Å². The van der Waals surface area contributed by atoms with Crippen LogP contribution in [0.1, 0.15) is 11.8 Å². The second-order valence-electron chi connectivity index (χ2n) is 6.84. The van der Waals surface area contributed by atoms with Crippen molar-refractivity contribution in [2.24, 2.45) is 0 Å². The third-order valence-electron chi connectivity index (χ3n) is 4.90. The van der Waals surface area contributed by atoms with Crippen LogP contribution in [0, 0.1) is 6.92 Å². The van der Waals surface area contributed by atoms with Crippen LogP contribution in [0.25, 0.3) is 0 Å². The summed E-state index contributed by atoms with van der Waals surface area (Å²) in [7, 11) is -4.08. The average Bonchev–Trinajstić information content (AvgIpc) is 3.11. The lowest BCUT2D eigenvalue weighted by molar-refractivity contribution is -0.184. The maximum absolute atomic E-state index is 12.4. The molecule has 2 aromatic rings. The largest absolute Gasteiger partial charge is 0.387 e. The van der Waals surface area contributed by atoms with Crippen molar-refractivity contribution in [2.75, 3.05) is 13.2 Å². The van der Waals surface area contributed by atoms with E-state index < -0.39 is 52.0 Å². The van der Waals surface area contributed by atoms with Crippen LogP contribution in [0.4, 0.5) is 0 Å². The van der Waals surface area contributed by atoms with E-state index in [2.05, 4.69) is 4.98 Å². The lowest BCUT2D eigenvalue weighted by Crippen LogP contribution is -2.46. The van der Waals surface area contributed by atoms with Gasteiger partial charge in [0.2, 0.25) is 0 Å². The quantitative estimate of drug-likeness (QED) is 0.616. The molecule has 28 heavy (non-hydrogen) atoms. The molecular weight excluding hydrogens is 392 g/mol. The van der Waals surface area contributed by atoms with Crippen molar-refractivity contribution in [2.45, 2.75) is 35.9 Å². The van der Waals surface area contributed by atoms with Crippen LogP contribution in [0.5, 0.6) is 0 Å². The summed E-state index contributed by atoms with van der Waals surface area (Å²) >= 11 is 0. The molecule has 0 spiro atoms. The Labute approximate surface area is 159 Å². The first-order valence-corrected chi connectivity index (χ1v) is 9.88. The third-order valence-corrected chi connectivity index (χ3v) is 6.18. The van der Waals surface area contributed by atoms with Crippen molar-refractivity contribution in [3.05, 3.63) is 62.9 Å². The van der Waals surface area contributed by atoms with Gasteiger partial charge in [-0.2, -0.15) is 8.42 Å². The molecule has 0 unspecified atom stereocenters. The van der Waals surface area contributed by atoms with E-state index in [0.29, 0.717) is 0 Å². The van der Waals surface area contributed by atoms with Crippen LogP contribution >= 0.6 is 0 Å². The van der Waals surface area contributed by atoms with E-state index in [4.69, 9.17) is 13.7 Å². The van der Waals surface area contributed by atoms with E-state index in [1.165, 1.54) is 18.3 Å². The minimum absolute atomic E-state index is 0.0224. The standard InChI is InChI=1S/C17H18N2O8S/c1-10-2-4-11(5-3-10)28(23,24)26-9-17-8-25-13(14(17)21)15(27-17)19-7-6-12(20)18-16(19)22/h2-7,13-15,21H,8-9H2,1H3,(H,18,20,22)/t13-,14+,15-,17-/m1/s1. The van der Waals surface area contributed by atoms with Gasteiger partial charge in [-0.3, -0.25) is 18.5 Å². The fraction of sp³-hybridized carbons (Fsp3) is 0.412. The number of benzene rings is 1. The number of aryl methyl sites for hydroxylation is 1. The van der Waals surface area contributed by atoms with Gasteiger partial charge in [0.05, 0.1) is 11.5 Å². The molecule has 0 aliphatic carbocycles. The van der Waals surface area contributed by atoms with Crippen LogP contribution < -0.4 is 11.2 Å². The van der Waals surface area contributed by atoms with Crippen LogP contribution in [-0.2, 0) is 23.8 Å². The summed E-state index contributed by atoms with van der Waals surface area (Å²) in [5.41, 5.74) is -1.87. The van der Waals surface area contributed by atoms with Crippen molar-refractivity contribution in [1.29, 1.82) is 0 Å². The van der Waals surface area contributed by atoms with Crippen molar-refractivity contribution in [3.63, 3.8) is 0 Å². The Balaban J connectivity index is 1.56. The molecule has 0 radical (unpaired) electrons. The highest BCUT2D eigenvalue weighted by atomic mass is 32.2. The monoisotopic (exact) mass is 410 g/mol. The molecule has 1 aromatic heterocycles. The summed E-state index contributed by atoms with van der Waals surface area (Å²) in [5, 5.41) is 10.5. The summed E-state index contributed by atoms with van der Waals surface area (Å²) in [6.07, 6.45) is -1.93. The van der Waals surface area contributed by atoms with Gasteiger partial charge < -0.3 is 14.6 Å². The average molecular weight is 410 g/mol. The number of nitrogens with zero attached hydrogens (tertiary/aromatic N) is 1. The fourth-order valence-corrected chi connectivity index (χ4v) is 4.28. The highest BCUT2D eigenvalue weighted by Gasteiger charge is 2.62. The Kier molecular flexibility index (Phi) is 4.51. The van der Waals surface area contributed by atoms with E-state index in [9.17, 15) is 23.1 Å². The second-order valence-corrected chi connectivity index (χ2v) is 8.46. The predicted molar refractivity (Wildman–Crippen MR) is 94.2 cm³/mol. The van der Waals surface area contributed by atoms with E-state index >= 15 is 0 Å². The minimum atomic E-state index is -4.08. The number of ether oxygens (including phenoxy) is 2. The van der Waals surface area contributed by atoms with E-state index in [-0.39, 0.29) is 11.5 Å². The molecule has 2 bridgehead atoms. The zero-order valence-electron chi connectivity index (χ0n) is 14.8. The minimum Gasteiger partial charge on any atom is -0.387 e. The summed E-state index contributed by atoms with van der Waals surface area (Å²) in [5.74, 6) is 0. The molecule has 0 saturated carbocycles. The Morgan fingerprint density at radius 3 is 2.68 bits per heavy atom. The molecule has 0 amide bonds. The molecule has 3 heterocycles. The molecule has 2 N–H and O–H groups in total. The zero-order valence-corrected chi connectivity index (χ0v) is 15.6. The molecule has 4 atom stereocenters. The molecule has 150 valence electrons. The van der Waals surface area contributed by atoms with Crippen LogP contribution in [0.15, 0.2) is 51.0 Å². The topological polar surface area (TPSA) is 137 Å². The first-order chi connectivity index (χ1) is 13.2. The molecule has 2 aliphatic rings. The fourth-order valence-electron chi connectivity index (χ4n) is 3.32. The highest BCUT2D eigenvalue weighted by molar-refractivity contribution is 7.86. The number of nitrogens with one attached hydrogen (secondary N) is 1. The first kappa shape index (κ1) is 19.0.